The summed E-state index contributed by atoms with van der Waals surface area (Å²) in [4.78, 5) is 25.1. The second kappa shape index (κ2) is 4.01. The first kappa shape index (κ1) is 15.6. The maximum atomic E-state index is 12.7. The van der Waals surface area contributed by atoms with Gasteiger partial charge in [0.2, 0.25) is 0 Å². The average molecular weight is 346 g/mol. The van der Waals surface area contributed by atoms with Crippen molar-refractivity contribution in [1.29, 1.82) is 0 Å². The van der Waals surface area contributed by atoms with Gasteiger partial charge in [0.05, 0.1) is 17.6 Å². The number of hydrogen-bond acceptors (Lipinski definition) is 5. The molecule has 3 N–H and O–H groups in total. The molecule has 6 heteroatoms. The molecule has 1 spiro atoms. The summed E-state index contributed by atoms with van der Waals surface area (Å²) in [6, 6.07) is 0. The smallest absolute Gasteiger partial charge is 0.316 e. The Morgan fingerprint density at radius 1 is 1.44 bits per heavy atom. The molecule has 6 nitrogen and oxygen atoms in total. The van der Waals surface area contributed by atoms with Gasteiger partial charge >= 0.3 is 11.9 Å². The van der Waals surface area contributed by atoms with Crippen molar-refractivity contribution in [3.05, 3.63) is 24.3 Å². The molecular weight excluding hydrogens is 324 g/mol. The first-order valence-corrected chi connectivity index (χ1v) is 8.86. The third kappa shape index (κ3) is 1.36. The number of carbonyl (C=O) groups excluding carboxylic acids is 1. The van der Waals surface area contributed by atoms with Crippen LogP contribution in [0.2, 0.25) is 0 Å². The van der Waals surface area contributed by atoms with Crippen LogP contribution in [-0.2, 0) is 14.3 Å². The van der Waals surface area contributed by atoms with Crippen molar-refractivity contribution in [2.24, 2.45) is 28.6 Å². The number of ether oxygens (including phenoxy) is 1. The van der Waals surface area contributed by atoms with Crippen molar-refractivity contribution in [2.75, 3.05) is 0 Å². The average Bonchev–Trinajstić information content (AvgIpc) is 2.95. The van der Waals surface area contributed by atoms with Crippen LogP contribution in [0.4, 0.5) is 0 Å². The van der Waals surface area contributed by atoms with E-state index in [1.165, 1.54) is 0 Å². The normalized spacial score (nSPS) is 58.0. The van der Waals surface area contributed by atoms with Gasteiger partial charge in [-0.15, -0.1) is 0 Å². The number of esters is 1. The highest BCUT2D eigenvalue weighted by molar-refractivity contribution is 5.86. The maximum absolute atomic E-state index is 12.7. The molecule has 1 heterocycles. The Labute approximate surface area is 145 Å². The Morgan fingerprint density at radius 3 is 2.84 bits per heavy atom. The van der Waals surface area contributed by atoms with Crippen molar-refractivity contribution < 1.29 is 29.6 Å². The fourth-order valence-electron chi connectivity index (χ4n) is 7.13. The highest BCUT2D eigenvalue weighted by atomic mass is 16.6. The molecule has 0 aromatic carbocycles. The largest absolute Gasteiger partial charge is 0.481 e. The number of aliphatic carboxylic acids is 1. The first-order chi connectivity index (χ1) is 11.6. The standard InChI is InChI=1S/C19H22O6/c1-9-7-17-8-18(9,24)5-3-10(17)19-6-4-11(20)16(2,15(23)25-19)13(19)12(17)14(21)22/h4,6,10-13,20,24H,1,3,5,7-8H2,2H3,(H,21,22)/t10-,11-,12+,13-,16+,17+,18+,19+/m0/s1. The first-order valence-electron chi connectivity index (χ1n) is 8.86. The molecule has 5 aliphatic rings. The van der Waals surface area contributed by atoms with Crippen molar-refractivity contribution in [1.82, 2.24) is 0 Å². The van der Waals surface area contributed by atoms with Crippen LogP contribution < -0.4 is 0 Å². The van der Waals surface area contributed by atoms with Gasteiger partial charge in [0.25, 0.3) is 0 Å². The molecular formula is C19H22O6. The van der Waals surface area contributed by atoms with Gasteiger partial charge in [0.15, 0.2) is 0 Å². The summed E-state index contributed by atoms with van der Waals surface area (Å²) in [5.41, 5.74) is -3.29. The number of aliphatic hydroxyl groups excluding tert-OH is 1. The van der Waals surface area contributed by atoms with Crippen molar-refractivity contribution >= 4 is 11.9 Å². The van der Waals surface area contributed by atoms with E-state index in [0.717, 1.165) is 0 Å². The minimum Gasteiger partial charge on any atom is -0.481 e. The third-order valence-corrected chi connectivity index (χ3v) is 8.12. The fraction of sp³-hybridized carbons (Fsp3) is 0.684. The molecule has 4 aliphatic carbocycles. The number of carboxylic acid groups (broad SMARTS) is 1. The Hall–Kier alpha value is -1.66. The van der Waals surface area contributed by atoms with Crippen LogP contribution in [0.3, 0.4) is 0 Å². The molecule has 0 radical (unpaired) electrons. The lowest BCUT2D eigenvalue weighted by atomic mass is 9.61. The molecule has 4 fully saturated rings. The van der Waals surface area contributed by atoms with Crippen LogP contribution in [0.15, 0.2) is 24.3 Å². The van der Waals surface area contributed by atoms with Crippen LogP contribution in [0.1, 0.15) is 32.6 Å². The zero-order valence-corrected chi connectivity index (χ0v) is 14.1. The predicted molar refractivity (Wildman–Crippen MR) is 85.2 cm³/mol. The number of carboxylic acids is 1. The van der Waals surface area contributed by atoms with E-state index >= 15 is 0 Å². The Kier molecular flexibility index (Phi) is 2.50. The number of rotatable bonds is 1. The van der Waals surface area contributed by atoms with E-state index in [1.807, 2.05) is 0 Å². The summed E-state index contributed by atoms with van der Waals surface area (Å²) in [6.07, 6.45) is 4.11. The third-order valence-electron chi connectivity index (χ3n) is 8.12. The molecule has 8 atom stereocenters. The SMILES string of the molecule is C=C1C[C@@]23C[C@]1(O)CC[C@@H]2[C@@]12C=C[C@H](O)[C@@](C)(C(=O)O1)[C@@H]2[C@@H]3C(=O)O. The van der Waals surface area contributed by atoms with Gasteiger partial charge in [-0.25, -0.2) is 0 Å². The Morgan fingerprint density at radius 2 is 2.16 bits per heavy atom. The number of aliphatic hydroxyl groups is 2. The predicted octanol–water partition coefficient (Wildman–Crippen LogP) is 1.03. The van der Waals surface area contributed by atoms with Gasteiger partial charge in [0, 0.05) is 11.8 Å². The topological polar surface area (TPSA) is 104 Å². The van der Waals surface area contributed by atoms with Gasteiger partial charge in [-0.05, 0) is 49.7 Å². The molecule has 1 saturated heterocycles. The Balaban J connectivity index is 1.78. The van der Waals surface area contributed by atoms with Crippen molar-refractivity contribution in [3.8, 4) is 0 Å². The molecule has 0 aromatic rings. The van der Waals surface area contributed by atoms with Crippen LogP contribution in [-0.4, -0.2) is 44.6 Å². The summed E-state index contributed by atoms with van der Waals surface area (Å²) < 4.78 is 5.87. The molecule has 25 heavy (non-hydrogen) atoms. The van der Waals surface area contributed by atoms with Crippen molar-refractivity contribution in [3.63, 3.8) is 0 Å². The molecule has 0 unspecified atom stereocenters. The summed E-state index contributed by atoms with van der Waals surface area (Å²) in [5, 5.41) is 31.6. The summed E-state index contributed by atoms with van der Waals surface area (Å²) >= 11 is 0. The second-order valence-corrected chi connectivity index (χ2v) is 8.94. The minimum atomic E-state index is -1.27. The highest BCUT2D eigenvalue weighted by Gasteiger charge is 2.83. The fourth-order valence-corrected chi connectivity index (χ4v) is 7.13. The number of carbonyl (C=O) groups is 2. The van der Waals surface area contributed by atoms with Crippen LogP contribution in [0.5, 0.6) is 0 Å². The van der Waals surface area contributed by atoms with E-state index in [9.17, 15) is 24.9 Å². The number of fused-ring (bicyclic) bond motifs is 1. The van der Waals surface area contributed by atoms with Gasteiger partial charge in [-0.3, -0.25) is 9.59 Å². The van der Waals surface area contributed by atoms with Crippen LogP contribution >= 0.6 is 0 Å². The maximum Gasteiger partial charge on any atom is 0.316 e. The zero-order chi connectivity index (χ0) is 18.0. The van der Waals surface area contributed by atoms with E-state index in [1.54, 1.807) is 19.1 Å². The van der Waals surface area contributed by atoms with Gasteiger partial charge in [-0.1, -0.05) is 12.7 Å². The van der Waals surface area contributed by atoms with E-state index < -0.39 is 51.9 Å². The van der Waals surface area contributed by atoms with Crippen molar-refractivity contribution in [2.45, 2.75) is 49.9 Å². The van der Waals surface area contributed by atoms with E-state index in [-0.39, 0.29) is 5.92 Å². The molecule has 3 saturated carbocycles. The molecule has 4 bridgehead atoms. The van der Waals surface area contributed by atoms with E-state index in [0.29, 0.717) is 31.3 Å². The van der Waals surface area contributed by atoms with E-state index in [2.05, 4.69) is 6.58 Å². The zero-order valence-electron chi connectivity index (χ0n) is 14.1. The highest BCUT2D eigenvalue weighted by Crippen LogP contribution is 2.77. The van der Waals surface area contributed by atoms with Gasteiger partial charge in [-0.2, -0.15) is 0 Å². The molecule has 1 aliphatic heterocycles. The van der Waals surface area contributed by atoms with Crippen LogP contribution in [0.25, 0.3) is 0 Å². The molecule has 0 aromatic heterocycles. The Bertz CT molecular complexity index is 772. The lowest BCUT2D eigenvalue weighted by molar-refractivity contribution is -0.163. The minimum absolute atomic E-state index is 0.180. The molecule has 0 amide bonds. The van der Waals surface area contributed by atoms with E-state index in [4.69, 9.17) is 4.74 Å². The quantitative estimate of drug-likeness (QED) is 0.484. The summed E-state index contributed by atoms with van der Waals surface area (Å²) in [7, 11) is 0. The summed E-state index contributed by atoms with van der Waals surface area (Å²) in [5.74, 6) is -3.18. The lowest BCUT2D eigenvalue weighted by Crippen LogP contribution is -2.50. The second-order valence-electron chi connectivity index (χ2n) is 8.94. The lowest BCUT2D eigenvalue weighted by Gasteiger charge is -2.44. The van der Waals surface area contributed by atoms with Gasteiger partial charge in [0.1, 0.15) is 11.0 Å². The van der Waals surface area contributed by atoms with Gasteiger partial charge < -0.3 is 20.1 Å². The van der Waals surface area contributed by atoms with Crippen LogP contribution in [0, 0.1) is 28.6 Å². The molecule has 134 valence electrons. The monoisotopic (exact) mass is 346 g/mol. The molecule has 5 rings (SSSR count). The number of hydrogen-bond donors (Lipinski definition) is 3. The summed E-state index contributed by atoms with van der Waals surface area (Å²) in [6.45, 7) is 5.64.